The summed E-state index contributed by atoms with van der Waals surface area (Å²) >= 11 is 0. The average molecular weight is 1070 g/mol. The number of hydrogen-bond donors (Lipinski definition) is 0. The summed E-state index contributed by atoms with van der Waals surface area (Å²) in [5.74, 6) is 1.26. The van der Waals surface area contributed by atoms with Gasteiger partial charge in [-0.15, -0.1) is 0 Å². The quantitative estimate of drug-likeness (QED) is 0.176. The largest absolute Gasteiger partial charge is 0.278 e. The molecule has 19 rings (SSSR count). The first-order chi connectivity index (χ1) is 41.7. The third-order valence-electron chi connectivity index (χ3n) is 18.8. The second-order valence-electron chi connectivity index (χ2n) is 22.7. The molecular formula is C78H46N6. The fourth-order valence-corrected chi connectivity index (χ4v) is 15.6. The second-order valence-corrected chi connectivity index (χ2v) is 22.7. The topological polar surface area (TPSA) is 61.4 Å². The van der Waals surface area contributed by atoms with Gasteiger partial charge in [0.2, 0.25) is 11.9 Å². The summed E-state index contributed by atoms with van der Waals surface area (Å²) in [7, 11) is 0. The van der Waals surface area contributed by atoms with Gasteiger partial charge in [-0.1, -0.05) is 231 Å². The summed E-state index contributed by atoms with van der Waals surface area (Å²) < 4.78 is 4.68. The van der Waals surface area contributed by atoms with E-state index in [2.05, 4.69) is 288 Å². The molecule has 0 bridgehead atoms. The number of aromatic nitrogens is 6. The van der Waals surface area contributed by atoms with Crippen LogP contribution in [0.5, 0.6) is 0 Å². The molecule has 0 amide bonds. The summed E-state index contributed by atoms with van der Waals surface area (Å²) in [4.78, 5) is 22.3. The van der Waals surface area contributed by atoms with E-state index >= 15 is 0 Å². The molecule has 84 heavy (non-hydrogen) atoms. The zero-order valence-corrected chi connectivity index (χ0v) is 45.2. The Morgan fingerprint density at radius 2 is 0.536 bits per heavy atom. The van der Waals surface area contributed by atoms with E-state index in [0.29, 0.717) is 11.9 Å². The molecule has 0 atom stereocenters. The molecule has 0 saturated heterocycles. The van der Waals surface area contributed by atoms with E-state index in [-0.39, 0.29) is 0 Å². The van der Waals surface area contributed by atoms with Gasteiger partial charge in [0.05, 0.1) is 55.3 Å². The Morgan fingerprint density at radius 1 is 0.226 bits per heavy atom. The Morgan fingerprint density at radius 3 is 0.929 bits per heavy atom. The van der Waals surface area contributed by atoms with Gasteiger partial charge in [-0.3, -0.25) is 9.13 Å². The molecule has 16 aromatic rings. The summed E-state index contributed by atoms with van der Waals surface area (Å²) in [5, 5.41) is 6.56. The van der Waals surface area contributed by atoms with Crippen LogP contribution >= 0.6 is 0 Å². The van der Waals surface area contributed by atoms with Crippen LogP contribution in [0, 0.1) is 0 Å². The predicted molar refractivity (Wildman–Crippen MR) is 340 cm³/mol. The number of benzene rings is 12. The van der Waals surface area contributed by atoms with E-state index in [4.69, 9.17) is 19.9 Å². The minimum Gasteiger partial charge on any atom is -0.278 e. The van der Waals surface area contributed by atoms with Crippen molar-refractivity contribution in [1.29, 1.82) is 0 Å². The normalized spacial score (nSPS) is 13.9. The third-order valence-corrected chi connectivity index (χ3v) is 18.8. The Labute approximate surface area is 482 Å². The molecule has 3 aliphatic carbocycles. The van der Waals surface area contributed by atoms with Crippen LogP contribution in [0.15, 0.2) is 279 Å². The second kappa shape index (κ2) is 16.8. The molecule has 4 aromatic heterocycles. The Hall–Kier alpha value is -11.1. The molecule has 2 spiro atoms. The summed E-state index contributed by atoms with van der Waals surface area (Å²) in [5.41, 5.74) is 23.1. The maximum Gasteiger partial charge on any atom is 0.235 e. The first-order valence-corrected chi connectivity index (χ1v) is 28.9. The van der Waals surface area contributed by atoms with Crippen LogP contribution in [0.25, 0.3) is 122 Å². The van der Waals surface area contributed by atoms with Crippen LogP contribution in [0.1, 0.15) is 44.5 Å². The van der Waals surface area contributed by atoms with Gasteiger partial charge in [0.1, 0.15) is 0 Å². The van der Waals surface area contributed by atoms with Crippen LogP contribution < -0.4 is 0 Å². The molecule has 4 heterocycles. The van der Waals surface area contributed by atoms with Crippen molar-refractivity contribution in [3.8, 4) is 56.7 Å². The minimum absolute atomic E-state index is 0.628. The standard InChI is InChI=1S/C78H46N6/c1-3-23-47(24-4-1)73-55-33-11-19-39-67(55)79-75(81-73)83-69-41-21-13-31-53(69)57-43-63-65(45-71(57)83)77(59-35-15-7-27-49(59)50-28-8-16-36-60(50)77)64-44-58-54-32-14-22-42-70(54)84(76-80-68-40-20-12-34-56(68)74(82-76)48-25-5-2-6-26-48)72(58)46-66(64)78(63)61-37-17-9-29-51(61)52-30-10-18-38-62(52)78/h1-46H. The van der Waals surface area contributed by atoms with Crippen LogP contribution in [0.2, 0.25) is 0 Å². The lowest BCUT2D eigenvalue weighted by molar-refractivity contribution is 0.635. The van der Waals surface area contributed by atoms with E-state index < -0.39 is 10.8 Å². The monoisotopic (exact) mass is 1070 g/mol. The van der Waals surface area contributed by atoms with Gasteiger partial charge in [0.15, 0.2) is 0 Å². The maximum absolute atomic E-state index is 5.62. The lowest BCUT2D eigenvalue weighted by Gasteiger charge is -2.49. The molecule has 12 aromatic carbocycles. The maximum atomic E-state index is 5.62. The van der Waals surface area contributed by atoms with Crippen molar-refractivity contribution in [2.24, 2.45) is 0 Å². The number of hydrogen-bond acceptors (Lipinski definition) is 4. The highest BCUT2D eigenvalue weighted by Gasteiger charge is 2.59. The molecule has 388 valence electrons. The van der Waals surface area contributed by atoms with Crippen LogP contribution in [-0.2, 0) is 10.8 Å². The first kappa shape index (κ1) is 45.6. The Kier molecular flexibility index (Phi) is 9.10. The van der Waals surface area contributed by atoms with Crippen molar-refractivity contribution in [3.63, 3.8) is 0 Å². The molecule has 0 radical (unpaired) electrons. The third kappa shape index (κ3) is 5.78. The smallest absolute Gasteiger partial charge is 0.235 e. The van der Waals surface area contributed by atoms with Gasteiger partial charge in [0, 0.05) is 43.4 Å². The van der Waals surface area contributed by atoms with Gasteiger partial charge < -0.3 is 0 Å². The highest BCUT2D eigenvalue weighted by Crippen LogP contribution is 2.68. The lowest BCUT2D eigenvalue weighted by atomic mass is 9.52. The molecule has 0 fully saturated rings. The van der Waals surface area contributed by atoms with Crippen molar-refractivity contribution < 1.29 is 0 Å². The highest BCUT2D eigenvalue weighted by atomic mass is 15.2. The molecule has 0 unspecified atom stereocenters. The first-order valence-electron chi connectivity index (χ1n) is 28.9. The number of para-hydroxylation sites is 4. The zero-order valence-electron chi connectivity index (χ0n) is 45.2. The summed E-state index contributed by atoms with van der Waals surface area (Å²) in [6.07, 6.45) is 0. The fraction of sp³-hybridized carbons (Fsp3) is 0.0256. The van der Waals surface area contributed by atoms with Crippen molar-refractivity contribution >= 4 is 65.4 Å². The number of rotatable bonds is 4. The van der Waals surface area contributed by atoms with E-state index in [1.165, 1.54) is 66.8 Å². The molecule has 0 aliphatic heterocycles. The van der Waals surface area contributed by atoms with Crippen molar-refractivity contribution in [2.75, 3.05) is 0 Å². The fourth-order valence-electron chi connectivity index (χ4n) is 15.6. The van der Waals surface area contributed by atoms with Crippen LogP contribution in [-0.4, -0.2) is 29.1 Å². The predicted octanol–water partition coefficient (Wildman–Crippen LogP) is 18.1. The van der Waals surface area contributed by atoms with Gasteiger partial charge in [-0.25, -0.2) is 19.9 Å². The van der Waals surface area contributed by atoms with Crippen molar-refractivity contribution in [1.82, 2.24) is 29.1 Å². The minimum atomic E-state index is -0.818. The van der Waals surface area contributed by atoms with Gasteiger partial charge in [0.25, 0.3) is 0 Å². The average Bonchev–Trinajstić information content (AvgIpc) is 1.52. The van der Waals surface area contributed by atoms with E-state index in [9.17, 15) is 0 Å². The van der Waals surface area contributed by atoms with Crippen molar-refractivity contribution in [3.05, 3.63) is 324 Å². The summed E-state index contributed by atoms with van der Waals surface area (Å²) in [6.45, 7) is 0. The van der Waals surface area contributed by atoms with E-state index in [1.54, 1.807) is 0 Å². The Bertz CT molecular complexity index is 5080. The molecule has 6 heteroatoms. The van der Waals surface area contributed by atoms with Gasteiger partial charge in [-0.05, 0) is 115 Å². The molecule has 3 aliphatic rings. The number of nitrogens with zero attached hydrogens (tertiary/aromatic N) is 6. The SMILES string of the molecule is c1ccc(-c2nc(-n3c4ccccc4c4cc5c(cc43)C3(c4ccccc4-c4ccccc43)c3cc4c6ccccc6n(-c6nc(-c7ccccc7)c7ccccc7n6)c4cc3C53c4ccccc4-c4ccccc43)nc3ccccc23)cc1. The molecule has 0 N–H and O–H groups in total. The van der Waals surface area contributed by atoms with Gasteiger partial charge in [-0.2, -0.15) is 0 Å². The van der Waals surface area contributed by atoms with Gasteiger partial charge >= 0.3 is 0 Å². The zero-order chi connectivity index (χ0) is 54.8. The Balaban J connectivity index is 1.02. The number of fused-ring (bicyclic) bond motifs is 24. The van der Waals surface area contributed by atoms with Crippen molar-refractivity contribution in [2.45, 2.75) is 10.8 Å². The van der Waals surface area contributed by atoms with E-state index in [0.717, 1.165) is 87.9 Å². The van der Waals surface area contributed by atoms with E-state index in [1.807, 2.05) is 0 Å². The van der Waals surface area contributed by atoms with Crippen LogP contribution in [0.3, 0.4) is 0 Å². The molecule has 6 nitrogen and oxygen atoms in total. The van der Waals surface area contributed by atoms with Crippen LogP contribution in [0.4, 0.5) is 0 Å². The lowest BCUT2D eigenvalue weighted by Crippen LogP contribution is -2.44. The highest BCUT2D eigenvalue weighted by molar-refractivity contribution is 6.13. The summed E-state index contributed by atoms with van der Waals surface area (Å²) in [6, 6.07) is 103. The molecule has 0 saturated carbocycles. The molecular weight excluding hydrogens is 1020 g/mol.